The molecule has 0 bridgehead atoms. The third-order valence-corrected chi connectivity index (χ3v) is 3.60. The van der Waals surface area contributed by atoms with E-state index in [2.05, 4.69) is 31.4 Å². The molecule has 1 aromatic heterocycles. The van der Waals surface area contributed by atoms with Gasteiger partial charge in [0.25, 0.3) is 5.91 Å². The predicted octanol–water partition coefficient (Wildman–Crippen LogP) is 2.40. The van der Waals surface area contributed by atoms with Gasteiger partial charge in [0.15, 0.2) is 0 Å². The fourth-order valence-electron chi connectivity index (χ4n) is 1.83. The van der Waals surface area contributed by atoms with Gasteiger partial charge < -0.3 is 10.1 Å². The second-order valence-corrected chi connectivity index (χ2v) is 5.69. The van der Waals surface area contributed by atoms with Crippen LogP contribution in [0.1, 0.15) is 18.3 Å². The molecular formula is C14H14BrN5O3. The van der Waals surface area contributed by atoms with Crippen molar-refractivity contribution < 1.29 is 9.72 Å². The standard InChI is InChI=1S/C14H14BrN5O3/c1-9(11-3-5-12(15)6-4-11)17-18-14(21)8-19-7-13(20(22)23)16-10(19)2/h3-7H,8H2,1-2H3,(H,18,21)/b17-9+. The minimum atomic E-state index is -0.600. The van der Waals surface area contributed by atoms with E-state index >= 15 is 0 Å². The Morgan fingerprint density at radius 2 is 2.09 bits per heavy atom. The highest BCUT2D eigenvalue weighted by atomic mass is 79.9. The number of carbonyl (C=O) groups excluding carboxylic acids is 1. The summed E-state index contributed by atoms with van der Waals surface area (Å²) in [6.45, 7) is 3.28. The third kappa shape index (κ3) is 4.46. The van der Waals surface area contributed by atoms with E-state index < -0.39 is 10.8 Å². The lowest BCUT2D eigenvalue weighted by Gasteiger charge is -2.04. The summed E-state index contributed by atoms with van der Waals surface area (Å²) in [5, 5.41) is 14.7. The van der Waals surface area contributed by atoms with Crippen molar-refractivity contribution in [1.29, 1.82) is 0 Å². The molecule has 120 valence electrons. The molecule has 0 fully saturated rings. The van der Waals surface area contributed by atoms with Crippen molar-refractivity contribution in [2.45, 2.75) is 20.4 Å². The second kappa shape index (κ2) is 7.14. The average Bonchev–Trinajstić information content (AvgIpc) is 2.87. The number of nitrogens with one attached hydrogen (secondary N) is 1. The topological polar surface area (TPSA) is 102 Å². The molecule has 0 saturated carbocycles. The Balaban J connectivity index is 2.00. The third-order valence-electron chi connectivity index (χ3n) is 3.07. The van der Waals surface area contributed by atoms with Crippen molar-refractivity contribution >= 4 is 33.4 Å². The van der Waals surface area contributed by atoms with Crippen LogP contribution >= 0.6 is 15.9 Å². The van der Waals surface area contributed by atoms with E-state index in [1.165, 1.54) is 10.8 Å². The Morgan fingerprint density at radius 1 is 1.43 bits per heavy atom. The van der Waals surface area contributed by atoms with Crippen molar-refractivity contribution in [2.75, 3.05) is 0 Å². The zero-order chi connectivity index (χ0) is 17.0. The maximum Gasteiger partial charge on any atom is 0.381 e. The number of hydrazone groups is 1. The van der Waals surface area contributed by atoms with Crippen LogP contribution < -0.4 is 5.43 Å². The zero-order valence-electron chi connectivity index (χ0n) is 12.5. The Hall–Kier alpha value is -2.55. The summed E-state index contributed by atoms with van der Waals surface area (Å²) in [5.74, 6) is -0.290. The number of nitrogens with zero attached hydrogens (tertiary/aromatic N) is 4. The van der Waals surface area contributed by atoms with E-state index in [0.717, 1.165) is 10.0 Å². The van der Waals surface area contributed by atoms with Crippen LogP contribution in [0.15, 0.2) is 40.0 Å². The van der Waals surface area contributed by atoms with Crippen molar-refractivity contribution in [3.05, 3.63) is 56.4 Å². The summed E-state index contributed by atoms with van der Waals surface area (Å²) in [5.41, 5.74) is 3.96. The molecule has 1 amide bonds. The molecule has 0 unspecified atom stereocenters. The number of hydrogen-bond donors (Lipinski definition) is 1. The van der Waals surface area contributed by atoms with Crippen LogP contribution in [0.2, 0.25) is 0 Å². The van der Waals surface area contributed by atoms with Gasteiger partial charge in [0.05, 0.1) is 5.71 Å². The van der Waals surface area contributed by atoms with Crippen LogP contribution in [0.3, 0.4) is 0 Å². The maximum atomic E-state index is 11.9. The first kappa shape index (κ1) is 16.8. The molecule has 2 rings (SSSR count). The lowest BCUT2D eigenvalue weighted by atomic mass is 10.1. The molecule has 1 aromatic carbocycles. The van der Waals surface area contributed by atoms with E-state index in [0.29, 0.717) is 11.5 Å². The van der Waals surface area contributed by atoms with Crippen LogP contribution in [0.4, 0.5) is 5.82 Å². The van der Waals surface area contributed by atoms with E-state index in [1.807, 2.05) is 24.3 Å². The molecular weight excluding hydrogens is 366 g/mol. The largest absolute Gasteiger partial charge is 0.381 e. The smallest absolute Gasteiger partial charge is 0.358 e. The van der Waals surface area contributed by atoms with Crippen molar-refractivity contribution in [2.24, 2.45) is 5.10 Å². The van der Waals surface area contributed by atoms with Gasteiger partial charge in [-0.3, -0.25) is 9.36 Å². The first-order valence-electron chi connectivity index (χ1n) is 6.64. The van der Waals surface area contributed by atoms with Gasteiger partial charge in [-0.2, -0.15) is 5.10 Å². The molecule has 2 aromatic rings. The first-order chi connectivity index (χ1) is 10.9. The SMILES string of the molecule is C/C(=N\NC(=O)Cn1cc([N+](=O)[O-])nc1C)c1ccc(Br)cc1. The van der Waals surface area contributed by atoms with Gasteiger partial charge in [-0.25, -0.2) is 5.43 Å². The number of benzene rings is 1. The van der Waals surface area contributed by atoms with E-state index in [1.54, 1.807) is 13.8 Å². The number of carbonyl (C=O) groups is 1. The molecule has 1 heterocycles. The lowest BCUT2D eigenvalue weighted by Crippen LogP contribution is -2.24. The highest BCUT2D eigenvalue weighted by molar-refractivity contribution is 9.10. The number of amides is 1. The average molecular weight is 380 g/mol. The monoisotopic (exact) mass is 379 g/mol. The van der Waals surface area contributed by atoms with Gasteiger partial charge in [0, 0.05) is 11.4 Å². The van der Waals surface area contributed by atoms with Crippen LogP contribution in [0.25, 0.3) is 0 Å². The molecule has 0 aliphatic carbocycles. The fraction of sp³-hybridized carbons (Fsp3) is 0.214. The summed E-state index contributed by atoms with van der Waals surface area (Å²) in [4.78, 5) is 25.7. The molecule has 0 aliphatic heterocycles. The number of aromatic nitrogens is 2. The van der Waals surface area contributed by atoms with Crippen LogP contribution in [0, 0.1) is 17.0 Å². The molecule has 9 heteroatoms. The minimum Gasteiger partial charge on any atom is -0.358 e. The second-order valence-electron chi connectivity index (χ2n) is 4.77. The van der Waals surface area contributed by atoms with Gasteiger partial charge in [-0.1, -0.05) is 28.1 Å². The zero-order valence-corrected chi connectivity index (χ0v) is 14.1. The van der Waals surface area contributed by atoms with Gasteiger partial charge in [0.1, 0.15) is 12.7 Å². The number of hydrogen-bond acceptors (Lipinski definition) is 5. The van der Waals surface area contributed by atoms with E-state index in [-0.39, 0.29) is 12.4 Å². The van der Waals surface area contributed by atoms with Crippen LogP contribution in [-0.4, -0.2) is 26.1 Å². The van der Waals surface area contributed by atoms with Gasteiger partial charge >= 0.3 is 5.82 Å². The Bertz CT molecular complexity index is 767. The van der Waals surface area contributed by atoms with E-state index in [9.17, 15) is 14.9 Å². The molecule has 0 saturated heterocycles. The van der Waals surface area contributed by atoms with Crippen molar-refractivity contribution in [1.82, 2.24) is 15.0 Å². The van der Waals surface area contributed by atoms with Crippen LogP contribution in [0.5, 0.6) is 0 Å². The summed E-state index contributed by atoms with van der Waals surface area (Å²) in [6, 6.07) is 7.51. The van der Waals surface area contributed by atoms with Gasteiger partial charge in [0.2, 0.25) is 5.82 Å². The number of nitro groups is 1. The molecule has 0 atom stereocenters. The molecule has 0 aliphatic rings. The van der Waals surface area contributed by atoms with Gasteiger partial charge in [-0.15, -0.1) is 0 Å². The molecule has 23 heavy (non-hydrogen) atoms. The summed E-state index contributed by atoms with van der Waals surface area (Å²) in [7, 11) is 0. The molecule has 8 nitrogen and oxygen atoms in total. The number of rotatable bonds is 5. The van der Waals surface area contributed by atoms with Gasteiger partial charge in [-0.05, 0) is 34.5 Å². The van der Waals surface area contributed by atoms with Crippen LogP contribution in [-0.2, 0) is 11.3 Å². The minimum absolute atomic E-state index is 0.0935. The summed E-state index contributed by atoms with van der Waals surface area (Å²) < 4.78 is 2.35. The Labute approximate surface area is 140 Å². The van der Waals surface area contributed by atoms with Crippen molar-refractivity contribution in [3.8, 4) is 0 Å². The first-order valence-corrected chi connectivity index (χ1v) is 7.43. The Kier molecular flexibility index (Phi) is 5.22. The number of halogens is 1. The predicted molar refractivity (Wildman–Crippen MR) is 88.1 cm³/mol. The summed E-state index contributed by atoms with van der Waals surface area (Å²) >= 11 is 3.35. The molecule has 0 spiro atoms. The summed E-state index contributed by atoms with van der Waals surface area (Å²) in [6.07, 6.45) is 1.22. The quantitative estimate of drug-likeness (QED) is 0.489. The lowest BCUT2D eigenvalue weighted by molar-refractivity contribution is -0.389. The fourth-order valence-corrected chi connectivity index (χ4v) is 2.10. The van der Waals surface area contributed by atoms with E-state index in [4.69, 9.17) is 0 Å². The highest BCUT2D eigenvalue weighted by Gasteiger charge is 2.16. The Morgan fingerprint density at radius 3 is 2.65 bits per heavy atom. The highest BCUT2D eigenvalue weighted by Crippen LogP contribution is 2.11. The molecule has 0 radical (unpaired) electrons. The van der Waals surface area contributed by atoms with Crippen molar-refractivity contribution in [3.63, 3.8) is 0 Å². The molecule has 1 N–H and O–H groups in total. The number of imidazole rings is 1. The normalized spacial score (nSPS) is 11.3. The number of aryl methyl sites for hydroxylation is 1. The maximum absolute atomic E-state index is 11.9.